The lowest BCUT2D eigenvalue weighted by molar-refractivity contribution is 0.0954. The first-order valence-electron chi connectivity index (χ1n) is 9.89. The molecule has 0 heterocycles. The summed E-state index contributed by atoms with van der Waals surface area (Å²) in [5.74, 6) is 1.29. The Morgan fingerprint density at radius 2 is 1.47 bits per heavy atom. The number of hydrazone groups is 1. The highest BCUT2D eigenvalue weighted by molar-refractivity contribution is 5.96. The molecule has 8 nitrogen and oxygen atoms in total. The van der Waals surface area contributed by atoms with Crippen molar-refractivity contribution in [2.24, 2.45) is 5.10 Å². The lowest BCUT2D eigenvalue weighted by Crippen LogP contribution is -2.18. The van der Waals surface area contributed by atoms with Gasteiger partial charge in [0.1, 0.15) is 0 Å². The lowest BCUT2D eigenvalue weighted by Gasteiger charge is -2.16. The average molecular weight is 416 g/mol. The summed E-state index contributed by atoms with van der Waals surface area (Å²) < 4.78 is 22.2. The van der Waals surface area contributed by atoms with Crippen molar-refractivity contribution >= 4 is 12.1 Å². The second-order valence-electron chi connectivity index (χ2n) is 5.96. The van der Waals surface area contributed by atoms with Crippen LogP contribution in [0.3, 0.4) is 0 Å². The molecule has 2 aromatic rings. The molecule has 0 saturated heterocycles. The van der Waals surface area contributed by atoms with E-state index in [0.29, 0.717) is 60.6 Å². The third-order valence-electron chi connectivity index (χ3n) is 3.83. The summed E-state index contributed by atoms with van der Waals surface area (Å²) in [6.07, 6.45) is 1.46. The van der Waals surface area contributed by atoms with E-state index < -0.39 is 5.91 Å². The van der Waals surface area contributed by atoms with Gasteiger partial charge in [-0.3, -0.25) is 4.79 Å². The molecule has 0 saturated carbocycles. The molecule has 0 unspecified atom stereocenters. The standard InChI is InChI=1S/C22H28N2O6/c1-5-27-18-11-15(9-10-17(18)25)14-23-24-22(26)16-12-19(28-6-2)21(30-8-4)20(13-16)29-7-3/h9-14,25H,5-8H2,1-4H3,(H,24,26)/b23-14+. The molecule has 0 aliphatic rings. The quantitative estimate of drug-likeness (QED) is 0.428. The van der Waals surface area contributed by atoms with Crippen molar-refractivity contribution in [3.63, 3.8) is 0 Å². The molecule has 1 amide bonds. The number of carbonyl (C=O) groups is 1. The third kappa shape index (κ3) is 6.04. The molecule has 0 bridgehead atoms. The molecule has 2 aromatic carbocycles. The maximum absolute atomic E-state index is 12.6. The minimum Gasteiger partial charge on any atom is -0.504 e. The van der Waals surface area contributed by atoms with Gasteiger partial charge in [0.25, 0.3) is 5.91 Å². The highest BCUT2D eigenvalue weighted by atomic mass is 16.5. The van der Waals surface area contributed by atoms with Crippen molar-refractivity contribution in [3.05, 3.63) is 41.5 Å². The number of amides is 1. The van der Waals surface area contributed by atoms with E-state index in [1.807, 2.05) is 27.7 Å². The van der Waals surface area contributed by atoms with Crippen molar-refractivity contribution in [2.75, 3.05) is 26.4 Å². The predicted molar refractivity (Wildman–Crippen MR) is 114 cm³/mol. The Kier molecular flexibility index (Phi) is 8.80. The maximum Gasteiger partial charge on any atom is 0.271 e. The first-order chi connectivity index (χ1) is 14.5. The van der Waals surface area contributed by atoms with Gasteiger partial charge in [-0.15, -0.1) is 0 Å². The molecule has 0 atom stereocenters. The zero-order chi connectivity index (χ0) is 21.9. The van der Waals surface area contributed by atoms with E-state index >= 15 is 0 Å². The number of hydrogen-bond acceptors (Lipinski definition) is 7. The number of benzene rings is 2. The van der Waals surface area contributed by atoms with E-state index in [2.05, 4.69) is 10.5 Å². The second kappa shape index (κ2) is 11.5. The number of ether oxygens (including phenoxy) is 4. The molecule has 0 aromatic heterocycles. The molecule has 0 aliphatic carbocycles. The molecular formula is C22H28N2O6. The van der Waals surface area contributed by atoms with Crippen LogP contribution in [0.5, 0.6) is 28.7 Å². The lowest BCUT2D eigenvalue weighted by atomic mass is 10.1. The van der Waals surface area contributed by atoms with Crippen molar-refractivity contribution < 1.29 is 28.8 Å². The number of phenols is 1. The van der Waals surface area contributed by atoms with Crippen LogP contribution < -0.4 is 24.4 Å². The summed E-state index contributed by atoms with van der Waals surface area (Å²) in [6, 6.07) is 7.98. The van der Waals surface area contributed by atoms with Gasteiger partial charge in [-0.05, 0) is 63.6 Å². The fourth-order valence-corrected chi connectivity index (χ4v) is 2.63. The average Bonchev–Trinajstić information content (AvgIpc) is 2.73. The highest BCUT2D eigenvalue weighted by Crippen LogP contribution is 2.39. The zero-order valence-corrected chi connectivity index (χ0v) is 17.7. The van der Waals surface area contributed by atoms with Crippen LogP contribution in [0.25, 0.3) is 0 Å². The number of aromatic hydroxyl groups is 1. The summed E-state index contributed by atoms with van der Waals surface area (Å²) >= 11 is 0. The van der Waals surface area contributed by atoms with Crippen molar-refractivity contribution in [3.8, 4) is 28.7 Å². The van der Waals surface area contributed by atoms with Crippen molar-refractivity contribution in [2.45, 2.75) is 27.7 Å². The molecular weight excluding hydrogens is 388 g/mol. The van der Waals surface area contributed by atoms with Crippen molar-refractivity contribution in [1.82, 2.24) is 5.43 Å². The van der Waals surface area contributed by atoms with E-state index in [1.54, 1.807) is 24.3 Å². The Balaban J connectivity index is 2.21. The summed E-state index contributed by atoms with van der Waals surface area (Å²) in [6.45, 7) is 9.07. The topological polar surface area (TPSA) is 98.6 Å². The van der Waals surface area contributed by atoms with Gasteiger partial charge in [0.05, 0.1) is 32.6 Å². The Labute approximate surface area is 176 Å². The van der Waals surface area contributed by atoms with Gasteiger partial charge in [0, 0.05) is 5.56 Å². The molecule has 162 valence electrons. The first kappa shape index (κ1) is 22.9. The monoisotopic (exact) mass is 416 g/mol. The third-order valence-corrected chi connectivity index (χ3v) is 3.83. The van der Waals surface area contributed by atoms with Crippen LogP contribution in [0, 0.1) is 0 Å². The molecule has 0 fully saturated rings. The van der Waals surface area contributed by atoms with Gasteiger partial charge in [-0.25, -0.2) is 5.43 Å². The van der Waals surface area contributed by atoms with Crippen LogP contribution in [0.4, 0.5) is 0 Å². The number of nitrogens with one attached hydrogen (secondary N) is 1. The van der Waals surface area contributed by atoms with E-state index in [9.17, 15) is 9.90 Å². The van der Waals surface area contributed by atoms with Crippen LogP contribution >= 0.6 is 0 Å². The van der Waals surface area contributed by atoms with Gasteiger partial charge in [-0.2, -0.15) is 5.10 Å². The van der Waals surface area contributed by atoms with Crippen LogP contribution in [-0.2, 0) is 0 Å². The van der Waals surface area contributed by atoms with Gasteiger partial charge in [0.2, 0.25) is 5.75 Å². The van der Waals surface area contributed by atoms with Gasteiger partial charge >= 0.3 is 0 Å². The van der Waals surface area contributed by atoms with E-state index in [1.165, 1.54) is 12.3 Å². The highest BCUT2D eigenvalue weighted by Gasteiger charge is 2.18. The zero-order valence-electron chi connectivity index (χ0n) is 17.7. The molecule has 0 spiro atoms. The minimum atomic E-state index is -0.431. The number of phenolic OH excluding ortho intramolecular Hbond substituents is 1. The fraction of sp³-hybridized carbons (Fsp3) is 0.364. The van der Waals surface area contributed by atoms with E-state index in [4.69, 9.17) is 18.9 Å². The Bertz CT molecular complexity index is 855. The molecule has 2 rings (SSSR count). The maximum atomic E-state index is 12.6. The van der Waals surface area contributed by atoms with Gasteiger partial charge in [-0.1, -0.05) is 0 Å². The summed E-state index contributed by atoms with van der Waals surface area (Å²) in [7, 11) is 0. The summed E-state index contributed by atoms with van der Waals surface area (Å²) in [4.78, 5) is 12.6. The van der Waals surface area contributed by atoms with E-state index in [0.717, 1.165) is 0 Å². The van der Waals surface area contributed by atoms with Gasteiger partial charge in [0.15, 0.2) is 23.0 Å². The fourth-order valence-electron chi connectivity index (χ4n) is 2.63. The predicted octanol–water partition coefficient (Wildman–Crippen LogP) is 3.75. The number of nitrogens with zero attached hydrogens (tertiary/aromatic N) is 1. The molecule has 8 heteroatoms. The minimum absolute atomic E-state index is 0.0410. The number of hydrogen-bond donors (Lipinski definition) is 2. The molecule has 0 radical (unpaired) electrons. The van der Waals surface area contributed by atoms with Gasteiger partial charge < -0.3 is 24.1 Å². The van der Waals surface area contributed by atoms with Crippen LogP contribution in [0.2, 0.25) is 0 Å². The van der Waals surface area contributed by atoms with E-state index in [-0.39, 0.29) is 5.75 Å². The molecule has 30 heavy (non-hydrogen) atoms. The Morgan fingerprint density at radius 1 is 0.900 bits per heavy atom. The number of carbonyl (C=O) groups excluding carboxylic acids is 1. The molecule has 0 aliphatic heterocycles. The Morgan fingerprint density at radius 3 is 2.03 bits per heavy atom. The normalized spacial score (nSPS) is 10.7. The Hall–Kier alpha value is -3.42. The molecule has 2 N–H and O–H groups in total. The van der Waals surface area contributed by atoms with Crippen LogP contribution in [0.15, 0.2) is 35.4 Å². The number of rotatable bonds is 11. The summed E-state index contributed by atoms with van der Waals surface area (Å²) in [5.41, 5.74) is 3.46. The first-order valence-corrected chi connectivity index (χ1v) is 9.89. The smallest absolute Gasteiger partial charge is 0.271 e. The van der Waals surface area contributed by atoms with Crippen LogP contribution in [-0.4, -0.2) is 43.7 Å². The second-order valence-corrected chi connectivity index (χ2v) is 5.96. The SMILES string of the molecule is CCOc1cc(/C=N/NC(=O)c2cc(OCC)c(OCC)c(OCC)c2)ccc1O. The van der Waals surface area contributed by atoms with Crippen LogP contribution in [0.1, 0.15) is 43.6 Å². The summed E-state index contributed by atoms with van der Waals surface area (Å²) in [5, 5.41) is 13.7. The largest absolute Gasteiger partial charge is 0.504 e. The van der Waals surface area contributed by atoms with Crippen molar-refractivity contribution in [1.29, 1.82) is 0 Å².